The zero-order valence-electron chi connectivity index (χ0n) is 10.6. The average molecular weight is 235 g/mol. The minimum atomic E-state index is 0.296. The molecule has 1 saturated carbocycles. The number of aromatic nitrogens is 2. The van der Waals surface area contributed by atoms with Crippen molar-refractivity contribution in [3.63, 3.8) is 0 Å². The van der Waals surface area contributed by atoms with E-state index in [1.54, 1.807) is 6.07 Å². The van der Waals surface area contributed by atoms with Crippen molar-refractivity contribution in [2.45, 2.75) is 52.1 Å². The lowest BCUT2D eigenvalue weighted by atomic mass is 9.89. The summed E-state index contributed by atoms with van der Waals surface area (Å²) in [5, 5.41) is 0. The maximum atomic E-state index is 5.90. The maximum Gasteiger partial charge on any atom is 0.218 e. The third-order valence-corrected chi connectivity index (χ3v) is 3.34. The van der Waals surface area contributed by atoms with Crippen molar-refractivity contribution in [3.05, 3.63) is 11.9 Å². The number of anilines is 1. The molecule has 1 aliphatic rings. The first-order chi connectivity index (χ1) is 8.17. The van der Waals surface area contributed by atoms with Crippen molar-refractivity contribution >= 4 is 5.82 Å². The topological polar surface area (TPSA) is 61.0 Å². The third-order valence-electron chi connectivity index (χ3n) is 3.34. The van der Waals surface area contributed by atoms with Crippen LogP contribution in [-0.4, -0.2) is 16.1 Å². The van der Waals surface area contributed by atoms with E-state index in [-0.39, 0.29) is 0 Å². The fourth-order valence-corrected chi connectivity index (χ4v) is 2.23. The first-order valence-electron chi connectivity index (χ1n) is 6.47. The molecule has 94 valence electrons. The molecular formula is C13H21N3O. The minimum absolute atomic E-state index is 0.296. The highest BCUT2D eigenvalue weighted by Gasteiger charge is 2.20. The Bertz CT molecular complexity index is 373. The molecule has 1 heterocycles. The number of hydrogen-bond donors (Lipinski definition) is 1. The van der Waals surface area contributed by atoms with Crippen molar-refractivity contribution in [2.24, 2.45) is 5.92 Å². The van der Waals surface area contributed by atoms with Gasteiger partial charge in [-0.15, -0.1) is 0 Å². The Morgan fingerprint density at radius 2 is 2.00 bits per heavy atom. The molecule has 0 bridgehead atoms. The lowest BCUT2D eigenvalue weighted by Gasteiger charge is -2.26. The van der Waals surface area contributed by atoms with Crippen LogP contribution in [0.3, 0.4) is 0 Å². The number of hydrogen-bond acceptors (Lipinski definition) is 4. The summed E-state index contributed by atoms with van der Waals surface area (Å²) >= 11 is 0. The number of nitrogens with two attached hydrogens (primary N) is 1. The third kappa shape index (κ3) is 3.32. The van der Waals surface area contributed by atoms with Gasteiger partial charge in [-0.05, 0) is 31.6 Å². The zero-order chi connectivity index (χ0) is 12.3. The van der Waals surface area contributed by atoms with Gasteiger partial charge in [0.2, 0.25) is 5.88 Å². The van der Waals surface area contributed by atoms with E-state index in [4.69, 9.17) is 10.5 Å². The molecule has 0 radical (unpaired) electrons. The van der Waals surface area contributed by atoms with Gasteiger partial charge in [-0.25, -0.2) is 4.98 Å². The van der Waals surface area contributed by atoms with Crippen LogP contribution in [0.2, 0.25) is 0 Å². The molecule has 0 saturated heterocycles. The van der Waals surface area contributed by atoms with Crippen molar-refractivity contribution in [1.29, 1.82) is 0 Å². The van der Waals surface area contributed by atoms with E-state index in [0.29, 0.717) is 17.8 Å². The summed E-state index contributed by atoms with van der Waals surface area (Å²) in [5.41, 5.74) is 5.73. The van der Waals surface area contributed by atoms with Gasteiger partial charge in [0, 0.05) is 12.5 Å². The molecule has 1 aliphatic carbocycles. The summed E-state index contributed by atoms with van der Waals surface area (Å²) in [6.45, 7) is 4.31. The quantitative estimate of drug-likeness (QED) is 0.874. The van der Waals surface area contributed by atoms with Crippen LogP contribution in [-0.2, 0) is 6.42 Å². The Hall–Kier alpha value is -1.32. The summed E-state index contributed by atoms with van der Waals surface area (Å²) in [6.07, 6.45) is 5.80. The fourth-order valence-electron chi connectivity index (χ4n) is 2.23. The van der Waals surface area contributed by atoms with Crippen LogP contribution in [0.4, 0.5) is 5.82 Å². The maximum absolute atomic E-state index is 5.90. The zero-order valence-corrected chi connectivity index (χ0v) is 10.6. The summed E-state index contributed by atoms with van der Waals surface area (Å²) < 4.78 is 5.90. The predicted molar refractivity (Wildman–Crippen MR) is 67.9 cm³/mol. The molecule has 4 nitrogen and oxygen atoms in total. The van der Waals surface area contributed by atoms with E-state index < -0.39 is 0 Å². The Labute approximate surface area is 103 Å². The van der Waals surface area contributed by atoms with Gasteiger partial charge in [0.15, 0.2) is 0 Å². The smallest absolute Gasteiger partial charge is 0.218 e. The van der Waals surface area contributed by atoms with Gasteiger partial charge in [0.25, 0.3) is 0 Å². The average Bonchev–Trinajstić information content (AvgIpc) is 2.31. The highest BCUT2D eigenvalue weighted by Crippen LogP contribution is 2.26. The standard InChI is InChI=1S/C13H21N3O/c1-3-12-15-11(14)8-13(16-12)17-10-6-4-9(2)5-7-10/h8-10H,3-7H2,1-2H3,(H2,14,15,16). The normalized spacial score (nSPS) is 24.6. The molecule has 1 aromatic rings. The largest absolute Gasteiger partial charge is 0.474 e. The Morgan fingerprint density at radius 3 is 2.65 bits per heavy atom. The monoisotopic (exact) mass is 235 g/mol. The molecule has 17 heavy (non-hydrogen) atoms. The number of nitrogens with zero attached hydrogens (tertiary/aromatic N) is 2. The molecule has 0 atom stereocenters. The van der Waals surface area contributed by atoms with Crippen LogP contribution in [0, 0.1) is 5.92 Å². The molecule has 4 heteroatoms. The van der Waals surface area contributed by atoms with Crippen molar-refractivity contribution in [1.82, 2.24) is 9.97 Å². The Kier molecular flexibility index (Phi) is 3.82. The van der Waals surface area contributed by atoms with E-state index in [9.17, 15) is 0 Å². The van der Waals surface area contributed by atoms with E-state index >= 15 is 0 Å². The Morgan fingerprint density at radius 1 is 1.29 bits per heavy atom. The van der Waals surface area contributed by atoms with Gasteiger partial charge in [0.05, 0.1) is 0 Å². The first kappa shape index (κ1) is 12.1. The molecular weight excluding hydrogens is 214 g/mol. The predicted octanol–water partition coefficient (Wildman–Crippen LogP) is 2.58. The van der Waals surface area contributed by atoms with E-state index in [1.165, 1.54) is 12.8 Å². The van der Waals surface area contributed by atoms with Crippen LogP contribution in [0.15, 0.2) is 6.07 Å². The number of ether oxygens (including phenoxy) is 1. The second-order valence-electron chi connectivity index (χ2n) is 4.90. The van der Waals surface area contributed by atoms with Gasteiger partial charge >= 0.3 is 0 Å². The summed E-state index contributed by atoms with van der Waals surface area (Å²) in [6, 6.07) is 1.72. The molecule has 0 aromatic carbocycles. The first-order valence-corrected chi connectivity index (χ1v) is 6.47. The summed E-state index contributed by atoms with van der Waals surface area (Å²) in [4.78, 5) is 8.50. The molecule has 1 aromatic heterocycles. The van der Waals surface area contributed by atoms with Crippen molar-refractivity contribution in [2.75, 3.05) is 5.73 Å². The van der Waals surface area contributed by atoms with Crippen molar-refractivity contribution < 1.29 is 4.74 Å². The lowest BCUT2D eigenvalue weighted by Crippen LogP contribution is -2.23. The SMILES string of the molecule is CCc1nc(N)cc(OC2CCC(C)CC2)n1. The molecule has 2 N–H and O–H groups in total. The van der Waals surface area contributed by atoms with Gasteiger partial charge in [0.1, 0.15) is 17.7 Å². The van der Waals surface area contributed by atoms with E-state index in [1.807, 2.05) is 6.92 Å². The second-order valence-corrected chi connectivity index (χ2v) is 4.90. The second kappa shape index (κ2) is 5.34. The number of nitrogen functional groups attached to an aromatic ring is 1. The lowest BCUT2D eigenvalue weighted by molar-refractivity contribution is 0.129. The van der Waals surface area contributed by atoms with Gasteiger partial charge in [-0.2, -0.15) is 4.98 Å². The van der Waals surface area contributed by atoms with Crippen LogP contribution >= 0.6 is 0 Å². The highest BCUT2D eigenvalue weighted by atomic mass is 16.5. The van der Waals surface area contributed by atoms with E-state index in [0.717, 1.165) is 31.0 Å². The molecule has 0 unspecified atom stereocenters. The summed E-state index contributed by atoms with van der Waals surface area (Å²) in [7, 11) is 0. The molecule has 0 spiro atoms. The van der Waals surface area contributed by atoms with Gasteiger partial charge in [-0.3, -0.25) is 0 Å². The molecule has 0 aliphatic heterocycles. The molecule has 2 rings (SSSR count). The van der Waals surface area contributed by atoms with Crippen molar-refractivity contribution in [3.8, 4) is 5.88 Å². The van der Waals surface area contributed by atoms with Gasteiger partial charge < -0.3 is 10.5 Å². The van der Waals surface area contributed by atoms with Crippen LogP contribution in [0.5, 0.6) is 5.88 Å². The van der Waals surface area contributed by atoms with E-state index in [2.05, 4.69) is 16.9 Å². The van der Waals surface area contributed by atoms with Crippen LogP contribution in [0.25, 0.3) is 0 Å². The summed E-state index contributed by atoms with van der Waals surface area (Å²) in [5.74, 6) is 2.71. The Balaban J connectivity index is 2.00. The number of aryl methyl sites for hydroxylation is 1. The molecule has 0 amide bonds. The minimum Gasteiger partial charge on any atom is -0.474 e. The fraction of sp³-hybridized carbons (Fsp3) is 0.692. The molecule has 1 fully saturated rings. The highest BCUT2D eigenvalue weighted by molar-refractivity contribution is 5.32. The number of rotatable bonds is 3. The van der Waals surface area contributed by atoms with Crippen LogP contribution in [0.1, 0.15) is 45.4 Å². The van der Waals surface area contributed by atoms with Gasteiger partial charge in [-0.1, -0.05) is 13.8 Å². The van der Waals surface area contributed by atoms with Crippen LogP contribution < -0.4 is 10.5 Å².